The molecule has 0 aliphatic rings. The molecule has 2 heteroatoms. The van der Waals surface area contributed by atoms with Gasteiger partial charge in [0.15, 0.2) is 0 Å². The second-order valence-electron chi connectivity index (χ2n) is 13.2. The van der Waals surface area contributed by atoms with Gasteiger partial charge in [0.05, 0.1) is 0 Å². The van der Waals surface area contributed by atoms with E-state index in [1.807, 2.05) is 22.7 Å². The highest BCUT2D eigenvalue weighted by molar-refractivity contribution is 7.28. The minimum atomic E-state index is 1.24. The van der Waals surface area contributed by atoms with Crippen LogP contribution in [0.15, 0.2) is 170 Å². The summed E-state index contributed by atoms with van der Waals surface area (Å²) in [5.74, 6) is 0. The average Bonchev–Trinajstić information content (AvgIpc) is 3.74. The second kappa shape index (κ2) is 10.9. The van der Waals surface area contributed by atoms with Gasteiger partial charge in [-0.3, -0.25) is 0 Å². The van der Waals surface area contributed by atoms with Crippen molar-refractivity contribution in [3.8, 4) is 33.4 Å². The first kappa shape index (κ1) is 28.1. The Morgan fingerprint density at radius 3 is 1.42 bits per heavy atom. The summed E-state index contributed by atoms with van der Waals surface area (Å²) in [6.45, 7) is 0. The van der Waals surface area contributed by atoms with Gasteiger partial charge in [-0.05, 0) is 96.0 Å². The van der Waals surface area contributed by atoms with Crippen molar-refractivity contribution in [1.29, 1.82) is 0 Å². The van der Waals surface area contributed by atoms with Gasteiger partial charge < -0.3 is 0 Å². The minimum absolute atomic E-state index is 1.24. The molecular formula is C48H28S2. The maximum Gasteiger partial charge on any atom is 0.0362 e. The molecule has 11 aromatic rings. The molecule has 0 spiro atoms. The number of thiophene rings is 2. The van der Waals surface area contributed by atoms with Crippen LogP contribution in [0.1, 0.15) is 0 Å². The van der Waals surface area contributed by atoms with E-state index in [9.17, 15) is 0 Å². The first-order valence-electron chi connectivity index (χ1n) is 17.1. The van der Waals surface area contributed by atoms with E-state index in [0.29, 0.717) is 0 Å². The van der Waals surface area contributed by atoms with Crippen LogP contribution in [-0.2, 0) is 0 Å². The predicted octanol–water partition coefficient (Wildman–Crippen LogP) is 14.9. The van der Waals surface area contributed by atoms with Gasteiger partial charge >= 0.3 is 0 Å². The van der Waals surface area contributed by atoms with Crippen LogP contribution in [0.5, 0.6) is 0 Å². The highest BCUT2D eigenvalue weighted by Crippen LogP contribution is 2.47. The second-order valence-corrected chi connectivity index (χ2v) is 15.4. The third kappa shape index (κ3) is 4.16. The van der Waals surface area contributed by atoms with Crippen molar-refractivity contribution in [3.05, 3.63) is 170 Å². The summed E-state index contributed by atoms with van der Waals surface area (Å²) in [6.07, 6.45) is 0. The fourth-order valence-corrected chi connectivity index (χ4v) is 10.5. The molecule has 0 atom stereocenters. The average molecular weight is 669 g/mol. The lowest BCUT2D eigenvalue weighted by atomic mass is 9.85. The van der Waals surface area contributed by atoms with Gasteiger partial charge in [-0.25, -0.2) is 0 Å². The van der Waals surface area contributed by atoms with Crippen LogP contribution in [0.4, 0.5) is 0 Å². The number of rotatable bonds is 3. The van der Waals surface area contributed by atoms with Crippen molar-refractivity contribution in [2.24, 2.45) is 0 Å². The predicted molar refractivity (Wildman–Crippen MR) is 221 cm³/mol. The third-order valence-electron chi connectivity index (χ3n) is 10.5. The molecule has 0 fully saturated rings. The summed E-state index contributed by atoms with van der Waals surface area (Å²) in [6, 6.07) is 63.1. The highest BCUT2D eigenvalue weighted by Gasteiger charge is 2.18. The summed E-state index contributed by atoms with van der Waals surface area (Å²) in [5.41, 5.74) is 7.57. The van der Waals surface area contributed by atoms with Crippen molar-refractivity contribution in [2.45, 2.75) is 0 Å². The van der Waals surface area contributed by atoms with Gasteiger partial charge in [-0.2, -0.15) is 0 Å². The first-order valence-corrected chi connectivity index (χ1v) is 18.7. The van der Waals surface area contributed by atoms with Crippen molar-refractivity contribution < 1.29 is 0 Å². The van der Waals surface area contributed by atoms with Gasteiger partial charge in [0, 0.05) is 40.3 Å². The third-order valence-corrected chi connectivity index (χ3v) is 12.7. The number of benzene rings is 9. The molecule has 0 unspecified atom stereocenters. The number of hydrogen-bond acceptors (Lipinski definition) is 2. The first-order chi connectivity index (χ1) is 24.8. The Morgan fingerprint density at radius 2 is 0.740 bits per heavy atom. The topological polar surface area (TPSA) is 0 Å². The molecule has 0 radical (unpaired) electrons. The van der Waals surface area contributed by atoms with E-state index in [1.54, 1.807) is 0 Å². The SMILES string of the molecule is c1ccc2cc(-c3c4ccccc4c(-c4ccc(-c5ccc6c(c5)sc5ccc7sc8ccccc8c7c56)cc4)c4ccccc34)ccc2c1. The lowest BCUT2D eigenvalue weighted by Gasteiger charge is -2.18. The van der Waals surface area contributed by atoms with E-state index in [4.69, 9.17) is 0 Å². The van der Waals surface area contributed by atoms with E-state index in [2.05, 4.69) is 170 Å². The molecular weight excluding hydrogens is 641 g/mol. The van der Waals surface area contributed by atoms with Crippen molar-refractivity contribution in [3.63, 3.8) is 0 Å². The van der Waals surface area contributed by atoms with Crippen LogP contribution in [-0.4, -0.2) is 0 Å². The van der Waals surface area contributed by atoms with E-state index in [0.717, 1.165) is 0 Å². The molecule has 0 bridgehead atoms. The van der Waals surface area contributed by atoms with Crippen molar-refractivity contribution >= 4 is 95.3 Å². The van der Waals surface area contributed by atoms with Crippen molar-refractivity contribution in [2.75, 3.05) is 0 Å². The number of fused-ring (bicyclic) bond motifs is 10. The smallest absolute Gasteiger partial charge is 0.0362 e. The molecule has 0 aliphatic heterocycles. The molecule has 0 amide bonds. The standard InChI is InChI=1S/C48H28S2/c1-2-10-32-27-34(22-19-29(32)9-1)46-37-13-5-3-11-35(37)45(36-12-4-6-14-38(36)46)31-20-17-30(18-21-31)33-23-24-40-44(28-33)50-43-26-25-42-47(48(40)43)39-15-7-8-16-41(39)49-42/h1-28H. The molecule has 9 aromatic carbocycles. The number of hydrogen-bond donors (Lipinski definition) is 0. The quantitative estimate of drug-likeness (QED) is 0.164. The molecule has 0 nitrogen and oxygen atoms in total. The lowest BCUT2D eigenvalue weighted by Crippen LogP contribution is -1.91. The molecule has 232 valence electrons. The Balaban J connectivity index is 1.05. The van der Waals surface area contributed by atoms with Crippen LogP contribution in [0.2, 0.25) is 0 Å². The van der Waals surface area contributed by atoms with E-state index >= 15 is 0 Å². The largest absolute Gasteiger partial charge is 0.135 e. The van der Waals surface area contributed by atoms with Gasteiger partial charge in [-0.1, -0.05) is 140 Å². The lowest BCUT2D eigenvalue weighted by molar-refractivity contribution is 1.63. The zero-order chi connectivity index (χ0) is 32.8. The summed E-state index contributed by atoms with van der Waals surface area (Å²) >= 11 is 3.80. The van der Waals surface area contributed by atoms with E-state index in [1.165, 1.54) is 106 Å². The molecule has 2 heterocycles. The zero-order valence-electron chi connectivity index (χ0n) is 27.0. The van der Waals surface area contributed by atoms with Gasteiger partial charge in [0.25, 0.3) is 0 Å². The fourth-order valence-electron chi connectivity index (χ4n) is 8.19. The highest BCUT2D eigenvalue weighted by atomic mass is 32.1. The fraction of sp³-hybridized carbons (Fsp3) is 0. The maximum absolute atomic E-state index is 2.39. The molecule has 0 N–H and O–H groups in total. The molecule has 2 aromatic heterocycles. The van der Waals surface area contributed by atoms with Gasteiger partial charge in [-0.15, -0.1) is 22.7 Å². The minimum Gasteiger partial charge on any atom is -0.135 e. The van der Waals surface area contributed by atoms with Gasteiger partial charge in [0.1, 0.15) is 0 Å². The normalized spacial score (nSPS) is 12.0. The van der Waals surface area contributed by atoms with E-state index in [-0.39, 0.29) is 0 Å². The van der Waals surface area contributed by atoms with Gasteiger partial charge in [0.2, 0.25) is 0 Å². The van der Waals surface area contributed by atoms with Crippen LogP contribution < -0.4 is 0 Å². The van der Waals surface area contributed by atoms with Crippen LogP contribution in [0, 0.1) is 0 Å². The Morgan fingerprint density at radius 1 is 0.260 bits per heavy atom. The Bertz CT molecular complexity index is 3080. The maximum atomic E-state index is 2.39. The summed E-state index contributed by atoms with van der Waals surface area (Å²) in [4.78, 5) is 0. The van der Waals surface area contributed by atoms with Crippen molar-refractivity contribution in [1.82, 2.24) is 0 Å². The summed E-state index contributed by atoms with van der Waals surface area (Å²) in [5, 5.41) is 13.2. The summed E-state index contributed by atoms with van der Waals surface area (Å²) < 4.78 is 5.42. The van der Waals surface area contributed by atoms with Crippen LogP contribution in [0.3, 0.4) is 0 Å². The van der Waals surface area contributed by atoms with Crippen LogP contribution in [0.25, 0.3) is 106 Å². The Labute approximate surface area is 297 Å². The molecule has 0 saturated heterocycles. The Kier molecular flexibility index (Phi) is 6.09. The molecule has 11 rings (SSSR count). The van der Waals surface area contributed by atoms with Crippen LogP contribution >= 0.6 is 22.7 Å². The zero-order valence-corrected chi connectivity index (χ0v) is 28.6. The monoisotopic (exact) mass is 668 g/mol. The molecule has 50 heavy (non-hydrogen) atoms. The Hall–Kier alpha value is -5.80. The molecule has 0 saturated carbocycles. The molecule has 0 aliphatic carbocycles. The summed E-state index contributed by atoms with van der Waals surface area (Å²) in [7, 11) is 0. The van der Waals surface area contributed by atoms with E-state index < -0.39 is 0 Å².